The molecule has 0 spiro atoms. The Kier molecular flexibility index (Phi) is 4.42. The van der Waals surface area contributed by atoms with Crippen LogP contribution in [0.5, 0.6) is 0 Å². The fourth-order valence-electron chi connectivity index (χ4n) is 2.92. The average molecular weight is 328 g/mol. The van der Waals surface area contributed by atoms with Gasteiger partial charge >= 0.3 is 11.6 Å². The first-order valence-electron chi connectivity index (χ1n) is 8.13. The second-order valence-corrected chi connectivity index (χ2v) is 6.17. The highest BCUT2D eigenvalue weighted by atomic mass is 16.5. The number of rotatable bonds is 5. The van der Waals surface area contributed by atoms with Gasteiger partial charge in [-0.1, -0.05) is 26.0 Å². The van der Waals surface area contributed by atoms with Crippen molar-refractivity contribution < 1.29 is 18.4 Å². The van der Waals surface area contributed by atoms with Crippen LogP contribution in [-0.4, -0.2) is 12.6 Å². The Morgan fingerprint density at radius 3 is 2.67 bits per heavy atom. The van der Waals surface area contributed by atoms with Crippen molar-refractivity contribution in [1.29, 1.82) is 0 Å². The van der Waals surface area contributed by atoms with Crippen molar-refractivity contribution in [1.82, 2.24) is 0 Å². The maximum Gasteiger partial charge on any atom is 0.347 e. The fraction of sp³-hybridized carbons (Fsp3) is 0.368. The predicted octanol–water partition coefficient (Wildman–Crippen LogP) is 3.84. The van der Waals surface area contributed by atoms with Gasteiger partial charge < -0.3 is 13.6 Å². The molecule has 24 heavy (non-hydrogen) atoms. The summed E-state index contributed by atoms with van der Waals surface area (Å²) in [5.41, 5.74) is 1.27. The number of carbonyl (C=O) groups is 1. The molecule has 0 amide bonds. The van der Waals surface area contributed by atoms with Gasteiger partial charge in [-0.2, -0.15) is 0 Å². The number of fused-ring (bicyclic) bond motifs is 3. The highest BCUT2D eigenvalue weighted by molar-refractivity contribution is 6.02. The largest absolute Gasteiger partial charge is 0.466 e. The third kappa shape index (κ3) is 2.94. The zero-order valence-corrected chi connectivity index (χ0v) is 14.0. The Morgan fingerprint density at radius 1 is 1.21 bits per heavy atom. The second kappa shape index (κ2) is 6.51. The first-order valence-corrected chi connectivity index (χ1v) is 8.13. The monoisotopic (exact) mass is 328 g/mol. The molecule has 5 nitrogen and oxygen atoms in total. The average Bonchev–Trinajstić information content (AvgIpc) is 2.86. The number of hydrogen-bond acceptors (Lipinski definition) is 5. The van der Waals surface area contributed by atoms with Gasteiger partial charge in [-0.05, 0) is 31.4 Å². The van der Waals surface area contributed by atoms with E-state index in [1.54, 1.807) is 19.1 Å². The molecule has 0 radical (unpaired) electrons. The van der Waals surface area contributed by atoms with Crippen LogP contribution in [0.15, 0.2) is 37.9 Å². The normalized spacial score (nSPS) is 11.5. The van der Waals surface area contributed by atoms with Gasteiger partial charge in [0.1, 0.15) is 23.2 Å². The molecule has 126 valence electrons. The van der Waals surface area contributed by atoms with E-state index in [-0.39, 0.29) is 12.4 Å². The van der Waals surface area contributed by atoms with Crippen molar-refractivity contribution >= 4 is 27.9 Å². The minimum Gasteiger partial charge on any atom is -0.466 e. The van der Waals surface area contributed by atoms with E-state index < -0.39 is 5.63 Å². The van der Waals surface area contributed by atoms with E-state index in [0.717, 1.165) is 10.9 Å². The van der Waals surface area contributed by atoms with Crippen LogP contribution in [0, 0.1) is 5.92 Å². The topological polar surface area (TPSA) is 69.7 Å². The molecule has 0 saturated heterocycles. The molecule has 0 saturated carbocycles. The molecule has 0 aliphatic carbocycles. The van der Waals surface area contributed by atoms with E-state index in [4.69, 9.17) is 13.6 Å². The molecule has 0 bridgehead atoms. The molecule has 0 aliphatic heterocycles. The van der Waals surface area contributed by atoms with Crippen molar-refractivity contribution in [2.24, 2.45) is 5.92 Å². The van der Waals surface area contributed by atoms with Gasteiger partial charge in [0.2, 0.25) is 0 Å². The molecule has 3 rings (SSSR count). The fourth-order valence-corrected chi connectivity index (χ4v) is 2.92. The molecule has 0 fully saturated rings. The van der Waals surface area contributed by atoms with Crippen LogP contribution < -0.4 is 5.63 Å². The Morgan fingerprint density at radius 2 is 1.96 bits per heavy atom. The van der Waals surface area contributed by atoms with Gasteiger partial charge in [-0.25, -0.2) is 4.79 Å². The molecule has 0 atom stereocenters. The Balaban J connectivity index is 2.26. The molecule has 0 aliphatic rings. The Labute approximate surface area is 139 Å². The summed E-state index contributed by atoms with van der Waals surface area (Å²) in [4.78, 5) is 24.4. The van der Waals surface area contributed by atoms with Crippen LogP contribution in [-0.2, 0) is 22.4 Å². The van der Waals surface area contributed by atoms with E-state index >= 15 is 0 Å². The van der Waals surface area contributed by atoms with E-state index in [1.807, 2.05) is 12.1 Å². The van der Waals surface area contributed by atoms with Gasteiger partial charge in [0.15, 0.2) is 5.58 Å². The summed E-state index contributed by atoms with van der Waals surface area (Å²) in [5, 5.41) is 1.16. The number of hydrogen-bond donors (Lipinski definition) is 0. The van der Waals surface area contributed by atoms with E-state index in [1.165, 1.54) is 0 Å². The molecule has 0 N–H and O–H groups in total. The van der Waals surface area contributed by atoms with Gasteiger partial charge in [0.25, 0.3) is 0 Å². The minimum absolute atomic E-state index is 0.0122. The lowest BCUT2D eigenvalue weighted by molar-refractivity contribution is -0.142. The zero-order chi connectivity index (χ0) is 17.3. The second-order valence-electron chi connectivity index (χ2n) is 6.17. The predicted molar refractivity (Wildman–Crippen MR) is 91.1 cm³/mol. The standard InChI is InChI=1S/C19H20O5/c1-4-22-16(20)10-15-13(9-11(2)3)17-18(23-15)12-7-5-6-8-14(12)24-19(17)21/h5-8,11H,4,9-10H2,1-3H3. The van der Waals surface area contributed by atoms with Crippen LogP contribution in [0.2, 0.25) is 0 Å². The number of carbonyl (C=O) groups excluding carboxylic acids is 1. The van der Waals surface area contributed by atoms with Gasteiger partial charge in [-0.15, -0.1) is 0 Å². The molecule has 2 heterocycles. The van der Waals surface area contributed by atoms with Gasteiger partial charge in [0.05, 0.1) is 12.0 Å². The number of benzene rings is 1. The lowest BCUT2D eigenvalue weighted by Gasteiger charge is -2.05. The van der Waals surface area contributed by atoms with Gasteiger partial charge in [0, 0.05) is 5.56 Å². The maximum atomic E-state index is 12.5. The Hall–Kier alpha value is -2.56. The summed E-state index contributed by atoms with van der Waals surface area (Å²) < 4.78 is 16.4. The SMILES string of the molecule is CCOC(=O)Cc1oc2c(c1CC(C)C)c(=O)oc1ccccc12. The maximum absolute atomic E-state index is 12.5. The summed E-state index contributed by atoms with van der Waals surface area (Å²) in [6.07, 6.45) is 0.642. The van der Waals surface area contributed by atoms with Crippen LogP contribution >= 0.6 is 0 Å². The number of esters is 1. The molecule has 5 heteroatoms. The summed E-state index contributed by atoms with van der Waals surface area (Å²) in [5.74, 6) is 0.425. The van der Waals surface area contributed by atoms with Crippen molar-refractivity contribution in [2.75, 3.05) is 6.61 Å². The smallest absolute Gasteiger partial charge is 0.347 e. The van der Waals surface area contributed by atoms with Gasteiger partial charge in [-0.3, -0.25) is 4.79 Å². The number of furan rings is 1. The van der Waals surface area contributed by atoms with E-state index in [0.29, 0.717) is 41.3 Å². The lowest BCUT2D eigenvalue weighted by atomic mass is 9.99. The highest BCUT2D eigenvalue weighted by Gasteiger charge is 2.23. The first kappa shape index (κ1) is 16.3. The van der Waals surface area contributed by atoms with E-state index in [2.05, 4.69) is 13.8 Å². The lowest BCUT2D eigenvalue weighted by Crippen LogP contribution is -2.10. The molecule has 3 aromatic rings. The summed E-state index contributed by atoms with van der Waals surface area (Å²) in [7, 11) is 0. The molecule has 2 aromatic heterocycles. The van der Waals surface area contributed by atoms with Crippen LogP contribution in [0.4, 0.5) is 0 Å². The third-order valence-corrected chi connectivity index (χ3v) is 3.85. The summed E-state index contributed by atoms with van der Waals surface area (Å²) in [6.45, 7) is 6.17. The molecular formula is C19H20O5. The minimum atomic E-state index is -0.432. The van der Waals surface area contributed by atoms with Crippen molar-refractivity contribution in [3.8, 4) is 0 Å². The third-order valence-electron chi connectivity index (χ3n) is 3.85. The van der Waals surface area contributed by atoms with Crippen LogP contribution in [0.1, 0.15) is 32.1 Å². The summed E-state index contributed by atoms with van der Waals surface area (Å²) >= 11 is 0. The van der Waals surface area contributed by atoms with Crippen molar-refractivity contribution in [2.45, 2.75) is 33.6 Å². The highest BCUT2D eigenvalue weighted by Crippen LogP contribution is 2.31. The molecular weight excluding hydrogens is 308 g/mol. The number of ether oxygens (including phenoxy) is 1. The Bertz CT molecular complexity index is 945. The van der Waals surface area contributed by atoms with Crippen LogP contribution in [0.3, 0.4) is 0 Å². The van der Waals surface area contributed by atoms with E-state index in [9.17, 15) is 9.59 Å². The van der Waals surface area contributed by atoms with Crippen molar-refractivity contribution in [3.05, 3.63) is 46.0 Å². The number of para-hydroxylation sites is 1. The summed E-state index contributed by atoms with van der Waals surface area (Å²) in [6, 6.07) is 7.23. The first-order chi connectivity index (χ1) is 11.5. The van der Waals surface area contributed by atoms with Crippen LogP contribution in [0.25, 0.3) is 21.9 Å². The zero-order valence-electron chi connectivity index (χ0n) is 14.0. The molecule has 0 unspecified atom stereocenters. The molecule has 1 aromatic carbocycles. The van der Waals surface area contributed by atoms with Crippen molar-refractivity contribution in [3.63, 3.8) is 0 Å². The quantitative estimate of drug-likeness (QED) is 0.526.